The minimum absolute atomic E-state index is 0.173. The van der Waals surface area contributed by atoms with Crippen molar-refractivity contribution in [3.63, 3.8) is 0 Å². The molecule has 0 bridgehead atoms. The van der Waals surface area contributed by atoms with E-state index in [4.69, 9.17) is 25.8 Å². The Morgan fingerprint density at radius 2 is 1.92 bits per heavy atom. The van der Waals surface area contributed by atoms with Gasteiger partial charge in [-0.05, 0) is 13.0 Å². The molecular formula is C20H17ClNO4+. The summed E-state index contributed by atoms with van der Waals surface area (Å²) in [7, 11) is 0. The second-order valence-electron chi connectivity index (χ2n) is 5.91. The first-order chi connectivity index (χ1) is 12.7. The van der Waals surface area contributed by atoms with E-state index in [1.54, 1.807) is 13.1 Å². The van der Waals surface area contributed by atoms with Crippen molar-refractivity contribution in [3.05, 3.63) is 64.8 Å². The second-order valence-corrected chi connectivity index (χ2v) is 6.29. The first-order valence-electron chi connectivity index (χ1n) is 8.33. The number of ether oxygens (including phenoxy) is 3. The number of aromatic nitrogens is 1. The molecule has 0 fully saturated rings. The van der Waals surface area contributed by atoms with E-state index in [-0.39, 0.29) is 13.4 Å². The van der Waals surface area contributed by atoms with Gasteiger partial charge >= 0.3 is 5.97 Å². The number of fused-ring (bicyclic) bond motifs is 2. The largest absolute Gasteiger partial charge is 0.462 e. The number of halogens is 1. The molecule has 0 amide bonds. The molecule has 6 heteroatoms. The number of pyridine rings is 1. The van der Waals surface area contributed by atoms with Crippen LogP contribution in [0, 0.1) is 0 Å². The lowest BCUT2D eigenvalue weighted by molar-refractivity contribution is -0.662. The van der Waals surface area contributed by atoms with E-state index >= 15 is 0 Å². The van der Waals surface area contributed by atoms with Crippen molar-refractivity contribution in [1.82, 2.24) is 0 Å². The molecule has 1 aliphatic heterocycles. The Hall–Kier alpha value is -2.79. The molecule has 0 saturated carbocycles. The van der Waals surface area contributed by atoms with Crippen LogP contribution in [0.3, 0.4) is 0 Å². The number of esters is 1. The summed E-state index contributed by atoms with van der Waals surface area (Å²) in [5.41, 5.74) is 2.29. The maximum atomic E-state index is 12.4. The summed E-state index contributed by atoms with van der Waals surface area (Å²) in [6.45, 7) is 2.81. The van der Waals surface area contributed by atoms with Crippen LogP contribution >= 0.6 is 11.6 Å². The first kappa shape index (κ1) is 16.7. The SMILES string of the molecule is CCOC(=O)c1c[n+](Cc2ccccc2)c2cc3c(cc2c1Cl)OCO3. The number of carbonyl (C=O) groups excluding carboxylic acids is 1. The first-order valence-corrected chi connectivity index (χ1v) is 8.71. The standard InChI is InChI=1S/C20H17ClNO4/c1-2-24-20(23)15-11-22(10-13-6-4-3-5-7-13)16-9-18-17(25-12-26-18)8-14(16)19(15)21/h3-9,11H,2,10,12H2,1H3/q+1. The highest BCUT2D eigenvalue weighted by Gasteiger charge is 2.26. The number of hydrogen-bond donors (Lipinski definition) is 0. The Morgan fingerprint density at radius 1 is 1.19 bits per heavy atom. The summed E-state index contributed by atoms with van der Waals surface area (Å²) >= 11 is 6.54. The van der Waals surface area contributed by atoms with Crippen LogP contribution in [0.25, 0.3) is 10.9 Å². The average Bonchev–Trinajstić information content (AvgIpc) is 3.11. The molecule has 1 aliphatic rings. The highest BCUT2D eigenvalue weighted by Crippen LogP contribution is 2.38. The highest BCUT2D eigenvalue weighted by molar-refractivity contribution is 6.38. The van der Waals surface area contributed by atoms with Crippen molar-refractivity contribution in [2.24, 2.45) is 0 Å². The van der Waals surface area contributed by atoms with E-state index < -0.39 is 5.97 Å². The number of carbonyl (C=O) groups is 1. The van der Waals surface area contributed by atoms with Crippen LogP contribution in [0.15, 0.2) is 48.7 Å². The van der Waals surface area contributed by atoms with Crippen molar-refractivity contribution in [1.29, 1.82) is 0 Å². The number of benzene rings is 2. The topological polar surface area (TPSA) is 48.6 Å². The number of rotatable bonds is 4. The Labute approximate surface area is 155 Å². The Morgan fingerprint density at radius 3 is 2.65 bits per heavy atom. The summed E-state index contributed by atoms with van der Waals surface area (Å²) in [4.78, 5) is 12.4. The summed E-state index contributed by atoms with van der Waals surface area (Å²) in [6.07, 6.45) is 1.73. The smallest absolute Gasteiger partial charge is 0.345 e. The van der Waals surface area contributed by atoms with E-state index in [1.807, 2.05) is 47.0 Å². The third-order valence-electron chi connectivity index (χ3n) is 4.25. The monoisotopic (exact) mass is 370 g/mol. The van der Waals surface area contributed by atoms with Gasteiger partial charge in [0.25, 0.3) is 0 Å². The molecule has 0 saturated heterocycles. The third kappa shape index (κ3) is 2.95. The lowest BCUT2D eigenvalue weighted by atomic mass is 10.1. The van der Waals surface area contributed by atoms with Gasteiger partial charge in [-0.2, -0.15) is 4.57 Å². The molecule has 3 aromatic rings. The Balaban J connectivity index is 1.92. The van der Waals surface area contributed by atoms with E-state index in [9.17, 15) is 4.79 Å². The van der Waals surface area contributed by atoms with Gasteiger partial charge in [0.2, 0.25) is 12.3 Å². The molecule has 4 rings (SSSR count). The van der Waals surface area contributed by atoms with Crippen LogP contribution in [0.5, 0.6) is 11.5 Å². The quantitative estimate of drug-likeness (QED) is 0.518. The fourth-order valence-electron chi connectivity index (χ4n) is 3.03. The van der Waals surface area contributed by atoms with Crippen LogP contribution < -0.4 is 14.0 Å². The zero-order valence-corrected chi connectivity index (χ0v) is 15.0. The normalized spacial score (nSPS) is 12.4. The van der Waals surface area contributed by atoms with Gasteiger partial charge < -0.3 is 14.2 Å². The van der Waals surface area contributed by atoms with Crippen LogP contribution in [0.4, 0.5) is 0 Å². The van der Waals surface area contributed by atoms with E-state index in [0.717, 1.165) is 16.5 Å². The predicted molar refractivity (Wildman–Crippen MR) is 96.8 cm³/mol. The molecule has 2 heterocycles. The van der Waals surface area contributed by atoms with E-state index in [2.05, 4.69) is 0 Å². The minimum atomic E-state index is -0.445. The van der Waals surface area contributed by atoms with Gasteiger partial charge in [0.15, 0.2) is 24.2 Å². The molecule has 1 aromatic heterocycles. The van der Waals surface area contributed by atoms with Crippen LogP contribution in [-0.4, -0.2) is 19.4 Å². The van der Waals surface area contributed by atoms with Crippen molar-refractivity contribution in [2.45, 2.75) is 13.5 Å². The van der Waals surface area contributed by atoms with Gasteiger partial charge in [0.1, 0.15) is 5.56 Å². The molecule has 0 spiro atoms. The highest BCUT2D eigenvalue weighted by atomic mass is 35.5. The van der Waals surface area contributed by atoms with Crippen molar-refractivity contribution >= 4 is 28.5 Å². The fraction of sp³-hybridized carbons (Fsp3) is 0.200. The van der Waals surface area contributed by atoms with Gasteiger partial charge in [-0.1, -0.05) is 41.9 Å². The Bertz CT molecular complexity index is 988. The molecule has 26 heavy (non-hydrogen) atoms. The van der Waals surface area contributed by atoms with Gasteiger partial charge in [0.05, 0.1) is 23.1 Å². The molecule has 0 N–H and O–H groups in total. The predicted octanol–water partition coefficient (Wildman–Crippen LogP) is 3.73. The van der Waals surface area contributed by atoms with Crippen LogP contribution in [0.1, 0.15) is 22.8 Å². The molecular weight excluding hydrogens is 354 g/mol. The zero-order chi connectivity index (χ0) is 18.1. The van der Waals surface area contributed by atoms with E-state index in [1.165, 1.54) is 0 Å². The van der Waals surface area contributed by atoms with Crippen molar-refractivity contribution < 1.29 is 23.6 Å². The summed E-state index contributed by atoms with van der Waals surface area (Å²) < 4.78 is 18.1. The molecule has 132 valence electrons. The summed E-state index contributed by atoms with van der Waals surface area (Å²) in [5, 5.41) is 1.07. The number of nitrogens with zero attached hydrogens (tertiary/aromatic N) is 1. The lowest BCUT2D eigenvalue weighted by Crippen LogP contribution is -2.36. The maximum absolute atomic E-state index is 12.4. The van der Waals surface area contributed by atoms with E-state index in [0.29, 0.717) is 28.6 Å². The molecule has 0 unspecified atom stereocenters. The Kier molecular flexibility index (Phi) is 4.39. The van der Waals surface area contributed by atoms with Gasteiger partial charge in [-0.25, -0.2) is 4.79 Å². The minimum Gasteiger partial charge on any atom is -0.462 e. The lowest BCUT2D eigenvalue weighted by Gasteiger charge is -2.09. The molecule has 0 atom stereocenters. The van der Waals surface area contributed by atoms with Crippen molar-refractivity contribution in [2.75, 3.05) is 13.4 Å². The second kappa shape index (κ2) is 6.84. The van der Waals surface area contributed by atoms with Crippen molar-refractivity contribution in [3.8, 4) is 11.5 Å². The molecule has 0 radical (unpaired) electrons. The number of hydrogen-bond acceptors (Lipinski definition) is 4. The summed E-state index contributed by atoms with van der Waals surface area (Å²) in [6, 6.07) is 13.7. The zero-order valence-electron chi connectivity index (χ0n) is 14.2. The van der Waals surface area contributed by atoms with Gasteiger partial charge in [0, 0.05) is 5.56 Å². The molecule has 0 aliphatic carbocycles. The maximum Gasteiger partial charge on any atom is 0.345 e. The van der Waals surface area contributed by atoms with Gasteiger partial charge in [-0.15, -0.1) is 0 Å². The van der Waals surface area contributed by atoms with Crippen LogP contribution in [0.2, 0.25) is 5.02 Å². The molecule has 2 aromatic carbocycles. The third-order valence-corrected chi connectivity index (χ3v) is 4.66. The summed E-state index contributed by atoms with van der Waals surface area (Å²) in [5.74, 6) is 0.838. The van der Waals surface area contributed by atoms with Crippen LogP contribution in [-0.2, 0) is 11.3 Å². The average molecular weight is 371 g/mol. The fourth-order valence-corrected chi connectivity index (χ4v) is 3.31. The molecule has 5 nitrogen and oxygen atoms in total. The van der Waals surface area contributed by atoms with Gasteiger partial charge in [-0.3, -0.25) is 0 Å².